The van der Waals surface area contributed by atoms with Crippen LogP contribution >= 0.6 is 0 Å². The van der Waals surface area contributed by atoms with E-state index in [4.69, 9.17) is 5.73 Å². The van der Waals surface area contributed by atoms with Gasteiger partial charge in [-0.2, -0.15) is 18.3 Å². The van der Waals surface area contributed by atoms with Gasteiger partial charge in [-0.15, -0.1) is 0 Å². The van der Waals surface area contributed by atoms with E-state index in [1.54, 1.807) is 14.1 Å². The van der Waals surface area contributed by atoms with Gasteiger partial charge < -0.3 is 10.6 Å². The number of aromatic nitrogens is 2. The van der Waals surface area contributed by atoms with Crippen LogP contribution in [0, 0.1) is 0 Å². The summed E-state index contributed by atoms with van der Waals surface area (Å²) in [6.45, 7) is 1.87. The number of rotatable bonds is 5. The Labute approximate surface area is 105 Å². The lowest BCUT2D eigenvalue weighted by atomic mass is 10.2. The van der Waals surface area contributed by atoms with Crippen LogP contribution in [0.1, 0.15) is 25.5 Å². The van der Waals surface area contributed by atoms with Crippen LogP contribution in [0.25, 0.3) is 0 Å². The van der Waals surface area contributed by atoms with Crippen molar-refractivity contribution in [3.63, 3.8) is 0 Å². The summed E-state index contributed by atoms with van der Waals surface area (Å²) in [6.07, 6.45) is -3.40. The zero-order valence-corrected chi connectivity index (χ0v) is 10.9. The lowest BCUT2D eigenvalue weighted by molar-refractivity contribution is -0.132. The number of nitrogen functional groups attached to an aromatic ring is 1. The molecule has 0 aliphatic carbocycles. The van der Waals surface area contributed by atoms with Gasteiger partial charge in [0.15, 0.2) is 0 Å². The summed E-state index contributed by atoms with van der Waals surface area (Å²) in [4.78, 5) is 1.50. The Kier molecular flexibility index (Phi) is 4.48. The molecule has 7 heteroatoms. The summed E-state index contributed by atoms with van der Waals surface area (Å²) < 4.78 is 38.1. The predicted octanol–water partition coefficient (Wildman–Crippen LogP) is 2.34. The molecule has 0 atom stereocenters. The maximum atomic E-state index is 12.2. The number of nitrogens with zero attached hydrogens (tertiary/aromatic N) is 3. The van der Waals surface area contributed by atoms with E-state index in [9.17, 15) is 13.2 Å². The van der Waals surface area contributed by atoms with E-state index in [0.717, 1.165) is 18.5 Å². The second-order valence-corrected chi connectivity index (χ2v) is 4.34. The molecule has 0 bridgehead atoms. The first-order valence-electron chi connectivity index (χ1n) is 5.85. The molecule has 0 aliphatic rings. The van der Waals surface area contributed by atoms with Crippen molar-refractivity contribution < 1.29 is 13.2 Å². The largest absolute Gasteiger partial charge is 0.394 e. The molecule has 0 aliphatic heterocycles. The summed E-state index contributed by atoms with van der Waals surface area (Å²) in [6, 6.07) is 0. The van der Waals surface area contributed by atoms with Crippen LogP contribution in [0.3, 0.4) is 0 Å². The highest BCUT2D eigenvalue weighted by Crippen LogP contribution is 2.28. The Morgan fingerprint density at radius 2 is 2.00 bits per heavy atom. The fraction of sp³-hybridized carbons (Fsp3) is 0.727. The van der Waals surface area contributed by atoms with Gasteiger partial charge in [-0.25, -0.2) is 0 Å². The number of aryl methyl sites for hydroxylation is 2. The van der Waals surface area contributed by atoms with Gasteiger partial charge in [0.05, 0.1) is 17.8 Å². The monoisotopic (exact) mass is 264 g/mol. The third-order valence-corrected chi connectivity index (χ3v) is 2.71. The third kappa shape index (κ3) is 3.54. The molecule has 104 valence electrons. The van der Waals surface area contributed by atoms with Crippen LogP contribution < -0.4 is 10.6 Å². The van der Waals surface area contributed by atoms with Gasteiger partial charge in [0.1, 0.15) is 5.82 Å². The number of nitrogens with two attached hydrogens (primary N) is 1. The molecule has 4 nitrogen and oxygen atoms in total. The van der Waals surface area contributed by atoms with Crippen molar-refractivity contribution in [2.24, 2.45) is 7.05 Å². The van der Waals surface area contributed by atoms with Gasteiger partial charge in [-0.3, -0.25) is 4.68 Å². The Balaban J connectivity index is 2.82. The molecule has 0 fully saturated rings. The van der Waals surface area contributed by atoms with Crippen molar-refractivity contribution in [1.82, 2.24) is 9.78 Å². The van der Waals surface area contributed by atoms with Gasteiger partial charge in [-0.05, 0) is 6.42 Å². The van der Waals surface area contributed by atoms with Crippen molar-refractivity contribution in [3.8, 4) is 0 Å². The summed E-state index contributed by atoms with van der Waals surface area (Å²) in [5, 5.41) is 4.23. The number of hydrogen-bond donors (Lipinski definition) is 1. The van der Waals surface area contributed by atoms with E-state index >= 15 is 0 Å². The number of halogens is 3. The molecule has 1 heterocycles. The molecular formula is C11H19F3N4. The third-order valence-electron chi connectivity index (χ3n) is 2.71. The van der Waals surface area contributed by atoms with Gasteiger partial charge in [0.25, 0.3) is 0 Å². The molecule has 0 spiro atoms. The van der Waals surface area contributed by atoms with Gasteiger partial charge in [0, 0.05) is 20.6 Å². The highest BCUT2D eigenvalue weighted by Gasteiger charge is 2.28. The molecule has 1 rings (SSSR count). The zero-order valence-electron chi connectivity index (χ0n) is 10.9. The van der Waals surface area contributed by atoms with E-state index in [1.807, 2.05) is 6.92 Å². The average Bonchev–Trinajstić information content (AvgIpc) is 2.51. The van der Waals surface area contributed by atoms with E-state index in [-0.39, 0.29) is 6.54 Å². The molecular weight excluding hydrogens is 245 g/mol. The summed E-state index contributed by atoms with van der Waals surface area (Å²) >= 11 is 0. The maximum absolute atomic E-state index is 12.2. The van der Waals surface area contributed by atoms with Crippen LogP contribution in [0.5, 0.6) is 0 Å². The van der Waals surface area contributed by atoms with Crippen LogP contribution in [-0.2, 0) is 13.5 Å². The van der Waals surface area contributed by atoms with Crippen molar-refractivity contribution in [2.75, 3.05) is 24.2 Å². The Morgan fingerprint density at radius 3 is 2.50 bits per heavy atom. The average molecular weight is 264 g/mol. The van der Waals surface area contributed by atoms with Crippen molar-refractivity contribution in [1.29, 1.82) is 0 Å². The molecule has 1 aromatic rings. The molecule has 2 N–H and O–H groups in total. The topological polar surface area (TPSA) is 47.1 Å². The van der Waals surface area contributed by atoms with Crippen LogP contribution in [0.4, 0.5) is 24.7 Å². The minimum Gasteiger partial charge on any atom is -0.394 e. The maximum Gasteiger partial charge on any atom is 0.390 e. The predicted molar refractivity (Wildman–Crippen MR) is 65.6 cm³/mol. The SMILES string of the molecule is CCCc1nn(C)c(N(C)CCC(F)(F)F)c1N. The second kappa shape index (κ2) is 5.49. The number of alkyl halides is 3. The smallest absolute Gasteiger partial charge is 0.390 e. The highest BCUT2D eigenvalue weighted by molar-refractivity contribution is 5.66. The molecule has 0 saturated carbocycles. The minimum absolute atomic E-state index is 0.126. The summed E-state index contributed by atoms with van der Waals surface area (Å²) in [5.41, 5.74) is 7.14. The Morgan fingerprint density at radius 1 is 1.39 bits per heavy atom. The lowest BCUT2D eigenvalue weighted by Crippen LogP contribution is -2.26. The van der Waals surface area contributed by atoms with Crippen molar-refractivity contribution in [3.05, 3.63) is 5.69 Å². The van der Waals surface area contributed by atoms with E-state index in [1.165, 1.54) is 9.58 Å². The van der Waals surface area contributed by atoms with Crippen molar-refractivity contribution in [2.45, 2.75) is 32.4 Å². The van der Waals surface area contributed by atoms with Gasteiger partial charge in [-0.1, -0.05) is 13.3 Å². The standard InChI is InChI=1S/C11H19F3N4/c1-4-5-8-9(15)10(18(3)16-8)17(2)7-6-11(12,13)14/h4-7,15H2,1-3H3. The molecule has 0 unspecified atom stereocenters. The first-order chi connectivity index (χ1) is 8.26. The molecule has 0 saturated heterocycles. The van der Waals surface area contributed by atoms with E-state index < -0.39 is 12.6 Å². The van der Waals surface area contributed by atoms with Gasteiger partial charge in [0.2, 0.25) is 0 Å². The lowest BCUT2D eigenvalue weighted by Gasteiger charge is -2.20. The Bertz CT molecular complexity index is 398. The summed E-state index contributed by atoms with van der Waals surface area (Å²) in [5.74, 6) is 0.544. The molecule has 0 radical (unpaired) electrons. The molecule has 0 aromatic carbocycles. The Hall–Kier alpha value is -1.40. The van der Waals surface area contributed by atoms with Crippen LogP contribution in [0.15, 0.2) is 0 Å². The van der Waals surface area contributed by atoms with Crippen LogP contribution in [0.2, 0.25) is 0 Å². The first kappa shape index (κ1) is 14.7. The zero-order chi connectivity index (χ0) is 13.9. The molecule has 0 amide bonds. The normalized spacial score (nSPS) is 11.9. The van der Waals surface area contributed by atoms with E-state index in [2.05, 4.69) is 5.10 Å². The van der Waals surface area contributed by atoms with Crippen molar-refractivity contribution >= 4 is 11.5 Å². The summed E-state index contributed by atoms with van der Waals surface area (Å²) in [7, 11) is 3.28. The highest BCUT2D eigenvalue weighted by atomic mass is 19.4. The van der Waals surface area contributed by atoms with Crippen LogP contribution in [-0.4, -0.2) is 29.5 Å². The first-order valence-corrected chi connectivity index (χ1v) is 5.85. The van der Waals surface area contributed by atoms with E-state index in [0.29, 0.717) is 11.5 Å². The molecule has 18 heavy (non-hydrogen) atoms. The number of anilines is 2. The fourth-order valence-corrected chi connectivity index (χ4v) is 1.86. The second-order valence-electron chi connectivity index (χ2n) is 4.34. The minimum atomic E-state index is -4.16. The quantitative estimate of drug-likeness (QED) is 0.888. The number of hydrogen-bond acceptors (Lipinski definition) is 3. The van der Waals surface area contributed by atoms with Gasteiger partial charge >= 0.3 is 6.18 Å². The molecule has 1 aromatic heterocycles. The fourth-order valence-electron chi connectivity index (χ4n) is 1.86.